The van der Waals surface area contributed by atoms with E-state index in [1.807, 2.05) is 17.9 Å². The Balaban J connectivity index is 1.17. The van der Waals surface area contributed by atoms with Crippen molar-refractivity contribution in [3.05, 3.63) is 76.5 Å². The molecule has 0 radical (unpaired) electrons. The molecule has 2 aromatic carbocycles. The first kappa shape index (κ1) is 22.2. The molecule has 3 heterocycles. The number of rotatable bonds is 5. The number of nitrogens with one attached hydrogen (secondary N) is 2. The predicted octanol–water partition coefficient (Wildman–Crippen LogP) is 3.51. The number of hydrazine groups is 1. The van der Waals surface area contributed by atoms with E-state index in [4.69, 9.17) is 0 Å². The number of thiazole rings is 1. The lowest BCUT2D eigenvalue weighted by atomic mass is 10.1. The number of carbonyl (C=O) groups is 1. The molecule has 33 heavy (non-hydrogen) atoms. The normalized spacial score (nSPS) is 21.5. The second-order valence-corrected chi connectivity index (χ2v) is 9.72. The minimum atomic E-state index is -0.254. The number of aromatic nitrogens is 1. The number of piperazine rings is 1. The zero-order valence-electron chi connectivity index (χ0n) is 18.6. The summed E-state index contributed by atoms with van der Waals surface area (Å²) >= 11 is 1.60. The highest BCUT2D eigenvalue weighted by Crippen LogP contribution is 2.35. The molecule has 2 N–H and O–H groups in total. The van der Waals surface area contributed by atoms with Gasteiger partial charge in [0, 0.05) is 43.2 Å². The Hall–Kier alpha value is -2.65. The third-order valence-corrected chi connectivity index (χ3v) is 7.69. The quantitative estimate of drug-likeness (QED) is 0.604. The third kappa shape index (κ3) is 4.99. The fourth-order valence-electron chi connectivity index (χ4n) is 4.53. The largest absolute Gasteiger partial charge is 0.339 e. The van der Waals surface area contributed by atoms with E-state index < -0.39 is 0 Å². The summed E-state index contributed by atoms with van der Waals surface area (Å²) in [5.41, 5.74) is 9.67. The number of aryl methyl sites for hydroxylation is 1. The number of nitrogens with zero attached hydrogens (tertiary/aromatic N) is 3. The van der Waals surface area contributed by atoms with E-state index in [-0.39, 0.29) is 23.8 Å². The average molecular weight is 466 g/mol. The molecule has 5 rings (SSSR count). The molecule has 0 aliphatic carbocycles. The molecule has 2 aliphatic heterocycles. The van der Waals surface area contributed by atoms with Gasteiger partial charge >= 0.3 is 0 Å². The number of hydrogen-bond acceptors (Lipinski definition) is 6. The Morgan fingerprint density at radius 2 is 1.79 bits per heavy atom. The predicted molar refractivity (Wildman–Crippen MR) is 128 cm³/mol. The van der Waals surface area contributed by atoms with Crippen molar-refractivity contribution in [2.24, 2.45) is 0 Å². The van der Waals surface area contributed by atoms with Gasteiger partial charge in [-0.25, -0.2) is 20.2 Å². The smallest absolute Gasteiger partial charge is 0.241 e. The third-order valence-electron chi connectivity index (χ3n) is 6.37. The highest BCUT2D eigenvalue weighted by Gasteiger charge is 2.35. The summed E-state index contributed by atoms with van der Waals surface area (Å²) in [5, 5.41) is 0.869. The first-order valence-corrected chi connectivity index (χ1v) is 12.2. The van der Waals surface area contributed by atoms with Crippen molar-refractivity contribution >= 4 is 17.2 Å². The zero-order valence-corrected chi connectivity index (χ0v) is 19.4. The molecule has 0 bridgehead atoms. The van der Waals surface area contributed by atoms with Gasteiger partial charge in [-0.1, -0.05) is 30.3 Å². The van der Waals surface area contributed by atoms with Crippen LogP contribution in [0.4, 0.5) is 4.39 Å². The molecule has 0 saturated carbocycles. The number of benzene rings is 2. The van der Waals surface area contributed by atoms with Crippen molar-refractivity contribution in [1.82, 2.24) is 25.6 Å². The summed E-state index contributed by atoms with van der Waals surface area (Å²) in [6.07, 6.45) is 0.689. The van der Waals surface area contributed by atoms with Crippen molar-refractivity contribution in [3.63, 3.8) is 0 Å². The summed E-state index contributed by atoms with van der Waals surface area (Å²) in [7, 11) is 0. The molecule has 172 valence electrons. The van der Waals surface area contributed by atoms with Crippen molar-refractivity contribution in [3.8, 4) is 10.6 Å². The van der Waals surface area contributed by atoms with Gasteiger partial charge < -0.3 is 4.90 Å². The highest BCUT2D eigenvalue weighted by atomic mass is 32.1. The van der Waals surface area contributed by atoms with Gasteiger partial charge in [0.05, 0.1) is 11.7 Å². The second kappa shape index (κ2) is 9.69. The number of halogens is 1. The van der Waals surface area contributed by atoms with E-state index in [0.29, 0.717) is 6.42 Å². The standard InChI is InChI=1S/C25H28FN5OS/c1-17-23(33-24(27-17)19-7-9-20(26)10-8-19)21-15-22(29-28-21)25(32)31-13-11-30(12-14-31)16-18-5-3-2-4-6-18/h2-10,21-22,28-29H,11-16H2,1H3. The monoisotopic (exact) mass is 465 g/mol. The van der Waals surface area contributed by atoms with E-state index in [1.54, 1.807) is 23.5 Å². The molecule has 2 fully saturated rings. The van der Waals surface area contributed by atoms with Gasteiger partial charge in [-0.2, -0.15) is 0 Å². The Bertz CT molecular complexity index is 1100. The Labute approximate surface area is 197 Å². The first-order valence-electron chi connectivity index (χ1n) is 11.4. The minimum absolute atomic E-state index is 0.0324. The number of carbonyl (C=O) groups excluding carboxylic acids is 1. The minimum Gasteiger partial charge on any atom is -0.339 e. The molecule has 2 aliphatic rings. The Morgan fingerprint density at radius 1 is 1.06 bits per heavy atom. The average Bonchev–Trinajstić information content (AvgIpc) is 3.47. The summed E-state index contributed by atoms with van der Waals surface area (Å²) in [5.74, 6) is -0.0959. The fourth-order valence-corrected chi connectivity index (χ4v) is 5.66. The van der Waals surface area contributed by atoms with E-state index in [1.165, 1.54) is 17.7 Å². The molecule has 2 unspecified atom stereocenters. The maximum Gasteiger partial charge on any atom is 0.241 e. The molecular weight excluding hydrogens is 437 g/mol. The maximum absolute atomic E-state index is 13.3. The summed E-state index contributed by atoms with van der Waals surface area (Å²) in [6, 6.07) is 16.7. The zero-order chi connectivity index (χ0) is 22.8. The molecule has 1 aromatic heterocycles. The molecule has 3 aromatic rings. The van der Waals surface area contributed by atoms with E-state index in [0.717, 1.165) is 53.9 Å². The van der Waals surface area contributed by atoms with Crippen LogP contribution in [0.15, 0.2) is 54.6 Å². The van der Waals surface area contributed by atoms with Crippen molar-refractivity contribution in [2.45, 2.75) is 32.0 Å². The molecule has 2 saturated heterocycles. The highest BCUT2D eigenvalue weighted by molar-refractivity contribution is 7.15. The molecule has 8 heteroatoms. The topological polar surface area (TPSA) is 60.5 Å². The number of hydrogen-bond donors (Lipinski definition) is 2. The van der Waals surface area contributed by atoms with Gasteiger partial charge in [0.1, 0.15) is 16.9 Å². The van der Waals surface area contributed by atoms with E-state index in [9.17, 15) is 9.18 Å². The SMILES string of the molecule is Cc1nc(-c2ccc(F)cc2)sc1C1CC(C(=O)N2CCN(Cc3ccccc3)CC2)NN1. The molecule has 0 spiro atoms. The van der Waals surface area contributed by atoms with E-state index in [2.05, 4.69) is 45.0 Å². The van der Waals surface area contributed by atoms with Crippen LogP contribution in [0.1, 0.15) is 28.6 Å². The van der Waals surface area contributed by atoms with Crippen LogP contribution in [0, 0.1) is 12.7 Å². The maximum atomic E-state index is 13.3. The second-order valence-electron chi connectivity index (χ2n) is 8.69. The van der Waals surface area contributed by atoms with Crippen molar-refractivity contribution in [2.75, 3.05) is 26.2 Å². The molecular formula is C25H28FN5OS. The lowest BCUT2D eigenvalue weighted by Gasteiger charge is -2.35. The Kier molecular flexibility index (Phi) is 6.50. The molecule has 1 amide bonds. The van der Waals surface area contributed by atoms with Crippen LogP contribution in [0.2, 0.25) is 0 Å². The van der Waals surface area contributed by atoms with Crippen LogP contribution in [0.25, 0.3) is 10.6 Å². The summed E-state index contributed by atoms with van der Waals surface area (Å²) < 4.78 is 13.3. The Morgan fingerprint density at radius 3 is 2.52 bits per heavy atom. The summed E-state index contributed by atoms with van der Waals surface area (Å²) in [6.45, 7) is 6.20. The van der Waals surface area contributed by atoms with Crippen LogP contribution in [0.3, 0.4) is 0 Å². The lowest BCUT2D eigenvalue weighted by molar-refractivity contribution is -0.135. The van der Waals surface area contributed by atoms with Gasteiger partial charge in [0.2, 0.25) is 5.91 Å². The summed E-state index contributed by atoms with van der Waals surface area (Å²) in [4.78, 5) is 23.3. The van der Waals surface area contributed by atoms with Crippen LogP contribution < -0.4 is 10.9 Å². The molecule has 6 nitrogen and oxygen atoms in total. The molecule has 2 atom stereocenters. The van der Waals surface area contributed by atoms with Crippen molar-refractivity contribution < 1.29 is 9.18 Å². The lowest BCUT2D eigenvalue weighted by Crippen LogP contribution is -2.53. The van der Waals surface area contributed by atoms with Crippen LogP contribution in [0.5, 0.6) is 0 Å². The van der Waals surface area contributed by atoms with Crippen LogP contribution >= 0.6 is 11.3 Å². The van der Waals surface area contributed by atoms with Gasteiger partial charge in [-0.05, 0) is 43.2 Å². The van der Waals surface area contributed by atoms with Gasteiger partial charge in [0.25, 0.3) is 0 Å². The van der Waals surface area contributed by atoms with Gasteiger partial charge in [0.15, 0.2) is 0 Å². The fraction of sp³-hybridized carbons (Fsp3) is 0.360. The first-order chi connectivity index (χ1) is 16.1. The van der Waals surface area contributed by atoms with E-state index >= 15 is 0 Å². The van der Waals surface area contributed by atoms with Gasteiger partial charge in [-0.15, -0.1) is 11.3 Å². The van der Waals surface area contributed by atoms with Gasteiger partial charge in [-0.3, -0.25) is 9.69 Å². The number of amides is 1. The van der Waals surface area contributed by atoms with Crippen molar-refractivity contribution in [1.29, 1.82) is 0 Å². The van der Waals surface area contributed by atoms with Crippen LogP contribution in [-0.2, 0) is 11.3 Å². The van der Waals surface area contributed by atoms with Crippen LogP contribution in [-0.4, -0.2) is 52.9 Å².